The lowest BCUT2D eigenvalue weighted by molar-refractivity contribution is -0.179. The van der Waals surface area contributed by atoms with Gasteiger partial charge in [-0.15, -0.1) is 6.58 Å². The fraction of sp³-hybridized carbons (Fsp3) is 0.768. The summed E-state index contributed by atoms with van der Waals surface area (Å²) in [6, 6.07) is 8.15. The molecule has 0 radical (unpaired) electrons. The minimum Gasteiger partial charge on any atom is -0.460 e. The Kier molecular flexibility index (Phi) is 18.3. The minimum atomic E-state index is -0.548. The zero-order valence-corrected chi connectivity index (χ0v) is 44.0. The number of allylic oxidation sites excluding steroid dienone is 3. The zero-order valence-electron chi connectivity index (χ0n) is 44.0. The molecule has 0 saturated heterocycles. The van der Waals surface area contributed by atoms with Gasteiger partial charge in [0.2, 0.25) is 0 Å². The number of aliphatic hydroxyl groups is 1. The maximum Gasteiger partial charge on any atom is 0.410 e. The van der Waals surface area contributed by atoms with E-state index in [1.807, 2.05) is 107 Å². The Morgan fingerprint density at radius 2 is 1.28 bits per heavy atom. The summed E-state index contributed by atoms with van der Waals surface area (Å²) in [5.74, 6) is 2.90. The van der Waals surface area contributed by atoms with E-state index in [0.29, 0.717) is 41.2 Å². The van der Waals surface area contributed by atoms with Gasteiger partial charge in [0.05, 0.1) is 12.2 Å². The molecule has 64 heavy (non-hydrogen) atoms. The van der Waals surface area contributed by atoms with E-state index in [-0.39, 0.29) is 46.5 Å². The molecule has 8 nitrogen and oxygen atoms in total. The van der Waals surface area contributed by atoms with Crippen LogP contribution < -0.4 is 0 Å². The van der Waals surface area contributed by atoms with Crippen LogP contribution in [0.3, 0.4) is 0 Å². The lowest BCUT2D eigenvalue weighted by Gasteiger charge is -2.68. The molecular formula is C56H93NO7. The van der Waals surface area contributed by atoms with Gasteiger partial charge in [0.1, 0.15) is 16.8 Å². The number of esters is 2. The highest BCUT2D eigenvalue weighted by molar-refractivity contribution is 5.90. The number of carbonyl (C=O) groups excluding carboxylic acids is 3. The van der Waals surface area contributed by atoms with Gasteiger partial charge in [0.15, 0.2) is 0 Å². The van der Waals surface area contributed by atoms with E-state index in [9.17, 15) is 19.5 Å². The van der Waals surface area contributed by atoms with Crippen LogP contribution in [0.15, 0.2) is 42.5 Å². The molecule has 5 aliphatic rings. The Hall–Kier alpha value is -3.13. The second-order valence-corrected chi connectivity index (χ2v) is 24.1. The minimum absolute atomic E-state index is 0.0314. The molecule has 6 rings (SSSR count). The van der Waals surface area contributed by atoms with E-state index in [4.69, 9.17) is 14.2 Å². The molecule has 0 bridgehead atoms. The first-order valence-corrected chi connectivity index (χ1v) is 24.8. The van der Waals surface area contributed by atoms with Gasteiger partial charge in [0.25, 0.3) is 0 Å². The number of fused-ring (bicyclic) bond motifs is 7. The van der Waals surface area contributed by atoms with Crippen LogP contribution in [0.1, 0.15) is 205 Å². The van der Waals surface area contributed by atoms with Crippen LogP contribution in [-0.2, 0) is 19.0 Å². The molecule has 0 spiro atoms. The highest BCUT2D eigenvalue weighted by Gasteiger charge is 2.65. The van der Waals surface area contributed by atoms with Crippen molar-refractivity contribution in [1.82, 2.24) is 4.90 Å². The predicted molar refractivity (Wildman–Crippen MR) is 264 cm³/mol. The lowest BCUT2D eigenvalue weighted by Crippen LogP contribution is -2.61. The third-order valence-corrected chi connectivity index (χ3v) is 15.1. The van der Waals surface area contributed by atoms with E-state index >= 15 is 0 Å². The maximum atomic E-state index is 13.3. The summed E-state index contributed by atoms with van der Waals surface area (Å²) in [6.45, 7) is 41.2. The van der Waals surface area contributed by atoms with Crippen molar-refractivity contribution in [2.24, 2.45) is 51.2 Å². The highest BCUT2D eigenvalue weighted by Crippen LogP contribution is 2.73. The normalized spacial score (nSPS) is 30.2. The molecule has 8 unspecified atom stereocenters. The number of hydrogen-bond acceptors (Lipinski definition) is 7. The molecule has 0 aromatic heterocycles. The zero-order chi connectivity index (χ0) is 48.9. The molecule has 4 fully saturated rings. The smallest absolute Gasteiger partial charge is 0.410 e. The first-order chi connectivity index (χ1) is 29.4. The van der Waals surface area contributed by atoms with Gasteiger partial charge < -0.3 is 24.2 Å². The van der Waals surface area contributed by atoms with Crippen LogP contribution in [-0.4, -0.2) is 64.5 Å². The Morgan fingerprint density at radius 1 is 0.719 bits per heavy atom. The van der Waals surface area contributed by atoms with Crippen molar-refractivity contribution in [3.63, 3.8) is 0 Å². The molecular weight excluding hydrogens is 799 g/mol. The van der Waals surface area contributed by atoms with Crippen LogP contribution in [0.25, 0.3) is 5.57 Å². The first kappa shape index (κ1) is 55.2. The molecule has 1 amide bonds. The molecule has 8 heteroatoms. The van der Waals surface area contributed by atoms with Crippen LogP contribution >= 0.6 is 0 Å². The number of hydrogen-bond donors (Lipinski definition) is 1. The molecule has 364 valence electrons. The van der Waals surface area contributed by atoms with Crippen LogP contribution in [0, 0.1) is 51.2 Å². The number of carbonyl (C=O) groups is 3. The molecule has 4 saturated carbocycles. The molecule has 1 N–H and O–H groups in total. The SMILES string of the molecule is C=C(C)C.CC.CC(=O)OC(C)(C)C.CC(C)(C)OC(=O)c1ccc(C2=CCC3(C)C(CCC4(C)C5CCC6(CN(CCO)C(=O)OC(C)(C)C)CCCC6C5CCC43)C2(C)C)cc1. The average molecular weight is 892 g/mol. The standard InChI is InChI=1S/C44H67NO5.C6H12O2.C4H8.C2H6/c1-39(2,3)49-37(47)30-15-13-29(14-16-30)32-19-23-43(10)35(41(32,7)8)21-24-42(9)33-20-25-44(22-11-12-34(44)31(33)17-18-36(42)43)28-45(26-27-46)38(48)50-40(4,5)6;1-5(7)8-6(2,3)4;1-4(2)3;1-2/h13-16,19,31,33-36,46H,11-12,17-18,20-28H2,1-10H3;1-4H3;1H2,2-3H3;1-2H3. The van der Waals surface area contributed by atoms with Gasteiger partial charge in [-0.3, -0.25) is 4.79 Å². The van der Waals surface area contributed by atoms with E-state index in [0.717, 1.165) is 18.9 Å². The summed E-state index contributed by atoms with van der Waals surface area (Å²) >= 11 is 0. The number of rotatable bonds is 6. The predicted octanol–water partition coefficient (Wildman–Crippen LogP) is 14.3. The largest absolute Gasteiger partial charge is 0.460 e. The maximum absolute atomic E-state index is 13.3. The summed E-state index contributed by atoms with van der Waals surface area (Å²) < 4.78 is 16.3. The number of benzene rings is 1. The van der Waals surface area contributed by atoms with Crippen molar-refractivity contribution in [3.05, 3.63) is 53.6 Å². The average Bonchev–Trinajstić information content (AvgIpc) is 3.57. The molecule has 1 aromatic rings. The van der Waals surface area contributed by atoms with Gasteiger partial charge in [-0.2, -0.15) is 0 Å². The van der Waals surface area contributed by atoms with Crippen LogP contribution in [0.2, 0.25) is 0 Å². The third kappa shape index (κ3) is 13.3. The molecule has 0 aliphatic heterocycles. The quantitative estimate of drug-likeness (QED) is 0.172. The van der Waals surface area contributed by atoms with Crippen LogP contribution in [0.4, 0.5) is 4.79 Å². The number of nitrogens with zero attached hydrogens (tertiary/aromatic N) is 1. The summed E-state index contributed by atoms with van der Waals surface area (Å²) in [4.78, 5) is 38.1. The van der Waals surface area contributed by atoms with Crippen molar-refractivity contribution < 1.29 is 33.7 Å². The van der Waals surface area contributed by atoms with Gasteiger partial charge in [-0.05, 0) is 208 Å². The van der Waals surface area contributed by atoms with E-state index < -0.39 is 11.2 Å². The van der Waals surface area contributed by atoms with Crippen molar-refractivity contribution in [2.75, 3.05) is 19.7 Å². The summed E-state index contributed by atoms with van der Waals surface area (Å²) in [6.07, 6.45) is 14.7. The highest BCUT2D eigenvalue weighted by atomic mass is 16.6. The van der Waals surface area contributed by atoms with Crippen molar-refractivity contribution >= 4 is 23.6 Å². The van der Waals surface area contributed by atoms with Gasteiger partial charge in [0, 0.05) is 20.0 Å². The van der Waals surface area contributed by atoms with Gasteiger partial charge >= 0.3 is 18.0 Å². The second-order valence-electron chi connectivity index (χ2n) is 24.1. The third-order valence-electron chi connectivity index (χ3n) is 15.1. The van der Waals surface area contributed by atoms with E-state index in [2.05, 4.69) is 52.5 Å². The molecule has 5 aliphatic carbocycles. The van der Waals surface area contributed by atoms with E-state index in [1.165, 1.54) is 81.4 Å². The second kappa shape index (κ2) is 21.2. The lowest BCUT2D eigenvalue weighted by atomic mass is 9.36. The van der Waals surface area contributed by atoms with Crippen LogP contribution in [0.5, 0.6) is 0 Å². The Balaban J connectivity index is 0.000000680. The monoisotopic (exact) mass is 892 g/mol. The molecule has 1 aromatic carbocycles. The van der Waals surface area contributed by atoms with Crippen molar-refractivity contribution in [2.45, 2.75) is 206 Å². The van der Waals surface area contributed by atoms with Gasteiger partial charge in [-0.25, -0.2) is 9.59 Å². The fourth-order valence-corrected chi connectivity index (χ4v) is 13.3. The molecule has 0 heterocycles. The number of aliphatic hydroxyl groups excluding tert-OH is 1. The van der Waals surface area contributed by atoms with Crippen molar-refractivity contribution in [1.29, 1.82) is 0 Å². The Morgan fingerprint density at radius 3 is 1.78 bits per heavy atom. The summed E-state index contributed by atoms with van der Waals surface area (Å²) in [5.41, 5.74) is 3.80. The summed E-state index contributed by atoms with van der Waals surface area (Å²) in [5, 5.41) is 9.93. The van der Waals surface area contributed by atoms with Gasteiger partial charge in [-0.1, -0.05) is 71.7 Å². The Bertz CT molecular complexity index is 1770. The number of amides is 1. The molecule has 8 atom stereocenters. The number of ether oxygens (including phenoxy) is 3. The van der Waals surface area contributed by atoms with E-state index in [1.54, 1.807) is 0 Å². The fourth-order valence-electron chi connectivity index (χ4n) is 13.3. The topological polar surface area (TPSA) is 102 Å². The Labute approximate surface area is 391 Å². The first-order valence-electron chi connectivity index (χ1n) is 24.8. The van der Waals surface area contributed by atoms with Crippen molar-refractivity contribution in [3.8, 4) is 0 Å². The summed E-state index contributed by atoms with van der Waals surface area (Å²) in [7, 11) is 0.